The van der Waals surface area contributed by atoms with Crippen molar-refractivity contribution >= 4 is 17.5 Å². The maximum Gasteiger partial charge on any atom is 0.253 e. The van der Waals surface area contributed by atoms with Crippen molar-refractivity contribution in [1.82, 2.24) is 15.0 Å². The highest BCUT2D eigenvalue weighted by atomic mass is 35.5. The average Bonchev–Trinajstić information content (AvgIpc) is 3.24. The number of rotatable bonds is 4. The first-order valence-electron chi connectivity index (χ1n) is 9.17. The SMILES string of the molecule is COc1ccc(C(=O)N2CCC(c3nc(-c4cccc(Cl)c4)no3)CC2)cc1. The lowest BCUT2D eigenvalue weighted by Gasteiger charge is -2.30. The van der Waals surface area contributed by atoms with E-state index in [1.807, 2.05) is 29.2 Å². The number of carbonyl (C=O) groups is 1. The minimum Gasteiger partial charge on any atom is -0.497 e. The van der Waals surface area contributed by atoms with E-state index in [-0.39, 0.29) is 11.8 Å². The van der Waals surface area contributed by atoms with Gasteiger partial charge in [-0.3, -0.25) is 4.79 Å². The number of piperidine rings is 1. The predicted octanol–water partition coefficient (Wildman–Crippen LogP) is 4.42. The summed E-state index contributed by atoms with van der Waals surface area (Å²) in [6.07, 6.45) is 1.58. The fourth-order valence-corrected chi connectivity index (χ4v) is 3.58. The Morgan fingerprint density at radius 1 is 1.18 bits per heavy atom. The second-order valence-corrected chi connectivity index (χ2v) is 7.20. The summed E-state index contributed by atoms with van der Waals surface area (Å²) in [7, 11) is 1.61. The fraction of sp³-hybridized carbons (Fsp3) is 0.286. The molecule has 1 aromatic heterocycles. The summed E-state index contributed by atoms with van der Waals surface area (Å²) in [6.45, 7) is 1.31. The van der Waals surface area contributed by atoms with Crippen molar-refractivity contribution in [3.05, 3.63) is 65.0 Å². The number of methoxy groups -OCH3 is 1. The molecule has 0 saturated carbocycles. The molecule has 7 heteroatoms. The summed E-state index contributed by atoms with van der Waals surface area (Å²) in [5.41, 5.74) is 1.50. The van der Waals surface area contributed by atoms with E-state index >= 15 is 0 Å². The van der Waals surface area contributed by atoms with E-state index in [0.29, 0.717) is 35.4 Å². The maximum atomic E-state index is 12.7. The standard InChI is InChI=1S/C21H20ClN3O3/c1-27-18-7-5-15(6-8-18)21(26)25-11-9-14(10-12-25)20-23-19(24-28-20)16-3-2-4-17(22)13-16/h2-8,13-14H,9-12H2,1H3. The van der Waals surface area contributed by atoms with E-state index in [1.165, 1.54) is 0 Å². The Kier molecular flexibility index (Phi) is 5.30. The zero-order valence-corrected chi connectivity index (χ0v) is 16.2. The molecule has 2 heterocycles. The van der Waals surface area contributed by atoms with Crippen molar-refractivity contribution in [3.63, 3.8) is 0 Å². The quantitative estimate of drug-likeness (QED) is 0.651. The van der Waals surface area contributed by atoms with Crippen LogP contribution in [0.5, 0.6) is 5.75 Å². The first-order valence-corrected chi connectivity index (χ1v) is 9.54. The van der Waals surface area contributed by atoms with Gasteiger partial charge in [-0.1, -0.05) is 28.9 Å². The molecule has 4 rings (SSSR count). The lowest BCUT2D eigenvalue weighted by molar-refractivity contribution is 0.0704. The van der Waals surface area contributed by atoms with Gasteiger partial charge < -0.3 is 14.2 Å². The number of nitrogens with zero attached hydrogens (tertiary/aromatic N) is 3. The van der Waals surface area contributed by atoms with Crippen molar-refractivity contribution in [3.8, 4) is 17.1 Å². The molecule has 0 unspecified atom stereocenters. The summed E-state index contributed by atoms with van der Waals surface area (Å²) >= 11 is 6.03. The van der Waals surface area contributed by atoms with Gasteiger partial charge in [-0.05, 0) is 49.2 Å². The molecular weight excluding hydrogens is 378 g/mol. The number of hydrogen-bond acceptors (Lipinski definition) is 5. The topological polar surface area (TPSA) is 68.5 Å². The van der Waals surface area contributed by atoms with Gasteiger partial charge in [0.1, 0.15) is 5.75 Å². The minimum absolute atomic E-state index is 0.0336. The van der Waals surface area contributed by atoms with Crippen LogP contribution >= 0.6 is 11.6 Å². The largest absolute Gasteiger partial charge is 0.497 e. The zero-order chi connectivity index (χ0) is 19.5. The maximum absolute atomic E-state index is 12.7. The molecule has 2 aromatic carbocycles. The van der Waals surface area contributed by atoms with Gasteiger partial charge in [0.25, 0.3) is 5.91 Å². The second kappa shape index (κ2) is 8.02. The monoisotopic (exact) mass is 397 g/mol. The molecule has 28 heavy (non-hydrogen) atoms. The molecule has 0 N–H and O–H groups in total. The third-order valence-electron chi connectivity index (χ3n) is 4.99. The van der Waals surface area contributed by atoms with Gasteiger partial charge in [0.2, 0.25) is 11.7 Å². The summed E-state index contributed by atoms with van der Waals surface area (Å²) in [5.74, 6) is 2.08. The van der Waals surface area contributed by atoms with Crippen LogP contribution in [0.4, 0.5) is 0 Å². The van der Waals surface area contributed by atoms with Crippen molar-refractivity contribution in [2.75, 3.05) is 20.2 Å². The number of likely N-dealkylation sites (tertiary alicyclic amines) is 1. The van der Waals surface area contributed by atoms with E-state index in [2.05, 4.69) is 10.1 Å². The van der Waals surface area contributed by atoms with E-state index in [9.17, 15) is 4.79 Å². The third kappa shape index (κ3) is 3.87. The van der Waals surface area contributed by atoms with Crippen LogP contribution in [0, 0.1) is 0 Å². The molecule has 1 amide bonds. The highest BCUT2D eigenvalue weighted by Crippen LogP contribution is 2.29. The first-order chi connectivity index (χ1) is 13.6. The first kappa shape index (κ1) is 18.5. The van der Waals surface area contributed by atoms with Crippen LogP contribution in [0.15, 0.2) is 53.1 Å². The summed E-state index contributed by atoms with van der Waals surface area (Å²) in [4.78, 5) is 19.1. The highest BCUT2D eigenvalue weighted by molar-refractivity contribution is 6.30. The number of benzene rings is 2. The number of ether oxygens (including phenoxy) is 1. The molecule has 1 aliphatic rings. The molecule has 1 saturated heterocycles. The van der Waals surface area contributed by atoms with Crippen LogP contribution in [-0.2, 0) is 0 Å². The highest BCUT2D eigenvalue weighted by Gasteiger charge is 2.28. The Hall–Kier alpha value is -2.86. The van der Waals surface area contributed by atoms with Crippen molar-refractivity contribution in [1.29, 1.82) is 0 Å². The molecule has 6 nitrogen and oxygen atoms in total. The van der Waals surface area contributed by atoms with Crippen LogP contribution < -0.4 is 4.74 Å². The smallest absolute Gasteiger partial charge is 0.253 e. The van der Waals surface area contributed by atoms with Crippen molar-refractivity contribution in [2.24, 2.45) is 0 Å². The van der Waals surface area contributed by atoms with E-state index in [4.69, 9.17) is 20.9 Å². The van der Waals surface area contributed by atoms with Gasteiger partial charge in [0.05, 0.1) is 7.11 Å². The van der Waals surface area contributed by atoms with E-state index < -0.39 is 0 Å². The molecule has 3 aromatic rings. The minimum atomic E-state index is 0.0336. The molecule has 144 valence electrons. The Morgan fingerprint density at radius 2 is 1.93 bits per heavy atom. The van der Waals surface area contributed by atoms with Crippen LogP contribution in [0.3, 0.4) is 0 Å². The zero-order valence-electron chi connectivity index (χ0n) is 15.5. The fourth-order valence-electron chi connectivity index (χ4n) is 3.39. The number of carbonyl (C=O) groups excluding carboxylic acids is 1. The number of halogens is 1. The molecule has 0 atom stereocenters. The van der Waals surface area contributed by atoms with Gasteiger partial charge in [-0.25, -0.2) is 0 Å². The van der Waals surface area contributed by atoms with Crippen LogP contribution in [0.1, 0.15) is 35.0 Å². The number of hydrogen-bond donors (Lipinski definition) is 0. The van der Waals surface area contributed by atoms with Gasteiger partial charge in [0, 0.05) is 35.2 Å². The van der Waals surface area contributed by atoms with Crippen molar-refractivity contribution in [2.45, 2.75) is 18.8 Å². The van der Waals surface area contributed by atoms with Gasteiger partial charge in [0.15, 0.2) is 0 Å². The third-order valence-corrected chi connectivity index (χ3v) is 5.23. The van der Waals surface area contributed by atoms with Crippen LogP contribution in [0.2, 0.25) is 5.02 Å². The summed E-state index contributed by atoms with van der Waals surface area (Å²) in [6, 6.07) is 14.6. The Bertz CT molecular complexity index is 963. The Morgan fingerprint density at radius 3 is 2.61 bits per heavy atom. The number of aromatic nitrogens is 2. The summed E-state index contributed by atoms with van der Waals surface area (Å²) < 4.78 is 10.6. The lowest BCUT2D eigenvalue weighted by atomic mass is 9.96. The van der Waals surface area contributed by atoms with Gasteiger partial charge in [-0.15, -0.1) is 0 Å². The number of amides is 1. The molecule has 0 spiro atoms. The lowest BCUT2D eigenvalue weighted by Crippen LogP contribution is -2.37. The van der Waals surface area contributed by atoms with Gasteiger partial charge >= 0.3 is 0 Å². The van der Waals surface area contributed by atoms with Crippen molar-refractivity contribution < 1.29 is 14.1 Å². The van der Waals surface area contributed by atoms with E-state index in [1.54, 1.807) is 31.4 Å². The summed E-state index contributed by atoms with van der Waals surface area (Å²) in [5, 5.41) is 4.72. The molecule has 0 radical (unpaired) electrons. The molecule has 1 aliphatic heterocycles. The van der Waals surface area contributed by atoms with E-state index in [0.717, 1.165) is 24.2 Å². The molecule has 1 fully saturated rings. The Balaban J connectivity index is 1.39. The molecular formula is C21H20ClN3O3. The van der Waals surface area contributed by atoms with Crippen LogP contribution in [-0.4, -0.2) is 41.1 Å². The second-order valence-electron chi connectivity index (χ2n) is 6.76. The van der Waals surface area contributed by atoms with Crippen LogP contribution in [0.25, 0.3) is 11.4 Å². The van der Waals surface area contributed by atoms with Gasteiger partial charge in [-0.2, -0.15) is 4.98 Å². The predicted molar refractivity (Wildman–Crippen MR) is 106 cm³/mol. The average molecular weight is 398 g/mol. The Labute approximate surface area is 168 Å². The molecule has 0 aliphatic carbocycles. The normalized spacial score (nSPS) is 14.9. The molecule has 0 bridgehead atoms.